The molecule has 0 atom stereocenters. The molecule has 0 spiro atoms. The lowest BCUT2D eigenvalue weighted by Crippen LogP contribution is -1.70. The summed E-state index contributed by atoms with van der Waals surface area (Å²) in [5, 5.41) is 0. The SMILES string of the molecule is [CH2-]C/C(C)=C/CS. The van der Waals surface area contributed by atoms with Crippen LogP contribution in [0, 0.1) is 6.92 Å². The van der Waals surface area contributed by atoms with Gasteiger partial charge in [-0.25, -0.2) is 0 Å². The lowest BCUT2D eigenvalue weighted by atomic mass is 10.2. The summed E-state index contributed by atoms with van der Waals surface area (Å²) >= 11 is 4.01. The smallest absolute Gasteiger partial charge is 0.00841 e. The summed E-state index contributed by atoms with van der Waals surface area (Å²) in [6.45, 7) is 5.76. The minimum Gasteiger partial charge on any atom is -0.339 e. The minimum absolute atomic E-state index is 0.835. The highest BCUT2D eigenvalue weighted by atomic mass is 32.1. The number of hydrogen-bond acceptors (Lipinski definition) is 1. The van der Waals surface area contributed by atoms with Crippen LogP contribution in [0.15, 0.2) is 11.6 Å². The van der Waals surface area contributed by atoms with E-state index >= 15 is 0 Å². The summed E-state index contributed by atoms with van der Waals surface area (Å²) < 4.78 is 0. The van der Waals surface area contributed by atoms with Crippen molar-refractivity contribution in [2.75, 3.05) is 5.75 Å². The van der Waals surface area contributed by atoms with E-state index in [1.165, 1.54) is 5.57 Å². The molecule has 0 aliphatic rings. The minimum atomic E-state index is 0.835. The van der Waals surface area contributed by atoms with E-state index in [9.17, 15) is 0 Å². The fourth-order valence-corrected chi connectivity index (χ4v) is 0.570. The number of hydrogen-bond donors (Lipinski definition) is 1. The van der Waals surface area contributed by atoms with Crippen LogP contribution >= 0.6 is 12.6 Å². The van der Waals surface area contributed by atoms with E-state index in [1.807, 2.05) is 0 Å². The van der Waals surface area contributed by atoms with Gasteiger partial charge in [0.15, 0.2) is 0 Å². The van der Waals surface area contributed by atoms with Crippen LogP contribution in [0.1, 0.15) is 13.3 Å². The van der Waals surface area contributed by atoms with Crippen molar-refractivity contribution in [2.24, 2.45) is 0 Å². The van der Waals surface area contributed by atoms with Crippen molar-refractivity contribution in [1.82, 2.24) is 0 Å². The summed E-state index contributed by atoms with van der Waals surface area (Å²) in [7, 11) is 0. The number of rotatable bonds is 2. The van der Waals surface area contributed by atoms with Gasteiger partial charge in [-0.1, -0.05) is 6.08 Å². The fraction of sp³-hybridized carbons (Fsp3) is 0.500. The van der Waals surface area contributed by atoms with E-state index in [1.54, 1.807) is 0 Å². The highest BCUT2D eigenvalue weighted by Gasteiger charge is 1.72. The monoisotopic (exact) mass is 115 g/mol. The van der Waals surface area contributed by atoms with Gasteiger partial charge >= 0.3 is 0 Å². The van der Waals surface area contributed by atoms with Crippen molar-refractivity contribution in [3.8, 4) is 0 Å². The molecule has 0 rings (SSSR count). The molecular weight excluding hydrogens is 104 g/mol. The number of thiol groups is 1. The zero-order valence-corrected chi connectivity index (χ0v) is 5.54. The van der Waals surface area contributed by atoms with E-state index in [0.717, 1.165) is 12.2 Å². The first-order valence-corrected chi connectivity index (χ1v) is 3.00. The average Bonchev–Trinajstić information content (AvgIpc) is 1.68. The van der Waals surface area contributed by atoms with Crippen LogP contribution in [0.5, 0.6) is 0 Å². The zero-order valence-electron chi connectivity index (χ0n) is 4.65. The lowest BCUT2D eigenvalue weighted by molar-refractivity contribution is 1.20. The van der Waals surface area contributed by atoms with E-state index in [-0.39, 0.29) is 0 Å². The lowest BCUT2D eigenvalue weighted by Gasteiger charge is -1.94. The van der Waals surface area contributed by atoms with E-state index < -0.39 is 0 Å². The maximum absolute atomic E-state index is 4.01. The third kappa shape index (κ3) is 3.93. The molecule has 1 heteroatoms. The zero-order chi connectivity index (χ0) is 5.70. The maximum atomic E-state index is 4.01. The van der Waals surface area contributed by atoms with Crippen molar-refractivity contribution in [3.05, 3.63) is 18.6 Å². The summed E-state index contributed by atoms with van der Waals surface area (Å²) in [5.74, 6) is 0.835. The van der Waals surface area contributed by atoms with E-state index in [2.05, 4.69) is 32.6 Å². The highest BCUT2D eigenvalue weighted by Crippen LogP contribution is 1.96. The molecule has 0 amide bonds. The molecule has 0 saturated heterocycles. The van der Waals surface area contributed by atoms with E-state index in [0.29, 0.717) is 0 Å². The van der Waals surface area contributed by atoms with Crippen molar-refractivity contribution in [3.63, 3.8) is 0 Å². The summed E-state index contributed by atoms with van der Waals surface area (Å²) in [5.41, 5.74) is 1.31. The Balaban J connectivity index is 3.29. The van der Waals surface area contributed by atoms with Gasteiger partial charge in [0.2, 0.25) is 0 Å². The van der Waals surface area contributed by atoms with Gasteiger partial charge in [0.1, 0.15) is 0 Å². The summed E-state index contributed by atoms with van der Waals surface area (Å²) in [6, 6.07) is 0. The third-order valence-electron chi connectivity index (χ3n) is 0.834. The molecule has 0 aliphatic heterocycles. The Morgan fingerprint density at radius 1 is 1.86 bits per heavy atom. The molecule has 0 aromatic rings. The van der Waals surface area contributed by atoms with Crippen LogP contribution in [0.2, 0.25) is 0 Å². The van der Waals surface area contributed by atoms with Crippen LogP contribution in [0.4, 0.5) is 0 Å². The number of allylic oxidation sites excluding steroid dienone is 1. The Labute approximate surface area is 51.0 Å². The van der Waals surface area contributed by atoms with Gasteiger partial charge in [-0.3, -0.25) is 0 Å². The largest absolute Gasteiger partial charge is 0.339 e. The average molecular weight is 115 g/mol. The molecule has 0 aliphatic carbocycles. The molecule has 0 saturated carbocycles. The molecule has 0 fully saturated rings. The van der Waals surface area contributed by atoms with Crippen molar-refractivity contribution < 1.29 is 0 Å². The Morgan fingerprint density at radius 3 is 2.57 bits per heavy atom. The second-order valence-corrected chi connectivity index (χ2v) is 1.85. The second kappa shape index (κ2) is 4.25. The van der Waals surface area contributed by atoms with Crippen LogP contribution in [0.25, 0.3) is 0 Å². The molecule has 0 bridgehead atoms. The molecule has 0 aromatic heterocycles. The Hall–Kier alpha value is 0.0900. The van der Waals surface area contributed by atoms with Crippen molar-refractivity contribution in [1.29, 1.82) is 0 Å². The highest BCUT2D eigenvalue weighted by molar-refractivity contribution is 7.80. The van der Waals surface area contributed by atoms with Gasteiger partial charge in [0, 0.05) is 5.75 Å². The van der Waals surface area contributed by atoms with Crippen LogP contribution < -0.4 is 0 Å². The quantitative estimate of drug-likeness (QED) is 0.318. The molecule has 0 unspecified atom stereocenters. The molecule has 0 heterocycles. The standard InChI is InChI=1S/C6H11S/c1-3-6(2)4-5-7/h4,7H,1,3,5H2,2H3/q-1/b6-4+. The molecule has 0 aromatic carbocycles. The second-order valence-electron chi connectivity index (χ2n) is 1.48. The molecule has 0 N–H and O–H groups in total. The topological polar surface area (TPSA) is 0 Å². The van der Waals surface area contributed by atoms with Crippen LogP contribution in [0.3, 0.4) is 0 Å². The summed E-state index contributed by atoms with van der Waals surface area (Å²) in [6.07, 6.45) is 2.97. The Morgan fingerprint density at radius 2 is 2.43 bits per heavy atom. The van der Waals surface area contributed by atoms with Gasteiger partial charge in [0.25, 0.3) is 0 Å². The molecule has 0 radical (unpaired) electrons. The van der Waals surface area contributed by atoms with Gasteiger partial charge < -0.3 is 6.92 Å². The van der Waals surface area contributed by atoms with Gasteiger partial charge in [-0.2, -0.15) is 19.0 Å². The predicted octanol–water partition coefficient (Wildman–Crippen LogP) is 2.09. The Bertz CT molecular complexity index is 64.6. The van der Waals surface area contributed by atoms with Gasteiger partial charge in [0.05, 0.1) is 0 Å². The third-order valence-corrected chi connectivity index (χ3v) is 1.02. The predicted molar refractivity (Wildman–Crippen MR) is 37.6 cm³/mol. The van der Waals surface area contributed by atoms with E-state index in [4.69, 9.17) is 0 Å². The molecule has 42 valence electrons. The molecule has 0 nitrogen and oxygen atoms in total. The van der Waals surface area contributed by atoms with Crippen LogP contribution in [-0.4, -0.2) is 5.75 Å². The van der Waals surface area contributed by atoms with Gasteiger partial charge in [-0.05, 0) is 6.92 Å². The van der Waals surface area contributed by atoms with Gasteiger partial charge in [-0.15, -0.1) is 5.57 Å². The van der Waals surface area contributed by atoms with Crippen LogP contribution in [-0.2, 0) is 0 Å². The first kappa shape index (κ1) is 7.09. The molecule has 7 heavy (non-hydrogen) atoms. The normalized spacial score (nSPS) is 12.1. The Kier molecular flexibility index (Phi) is 4.31. The summed E-state index contributed by atoms with van der Waals surface area (Å²) in [4.78, 5) is 0. The fourth-order valence-electron chi connectivity index (χ4n) is 0.258. The first-order valence-electron chi connectivity index (χ1n) is 2.37. The first-order chi connectivity index (χ1) is 3.31. The molecular formula is C6H11S-. The van der Waals surface area contributed by atoms with Crippen molar-refractivity contribution in [2.45, 2.75) is 13.3 Å². The van der Waals surface area contributed by atoms with Crippen molar-refractivity contribution >= 4 is 12.6 Å². The maximum Gasteiger partial charge on any atom is 0.00841 e.